The summed E-state index contributed by atoms with van der Waals surface area (Å²) in [5.74, 6) is -0.122. The summed E-state index contributed by atoms with van der Waals surface area (Å²) in [7, 11) is 0. The van der Waals surface area contributed by atoms with Crippen molar-refractivity contribution in [2.24, 2.45) is 5.41 Å². The monoisotopic (exact) mass is 226 g/mol. The topological polar surface area (TPSA) is 64.3 Å². The minimum atomic E-state index is -0.805. The van der Waals surface area contributed by atoms with Crippen LogP contribution >= 0.6 is 0 Å². The van der Waals surface area contributed by atoms with E-state index in [4.69, 9.17) is 9.84 Å². The molecule has 5 heteroatoms. The Hall–Kier alpha value is -1.52. The van der Waals surface area contributed by atoms with Gasteiger partial charge in [-0.05, 0) is 27.2 Å². The molecule has 5 nitrogen and oxygen atoms in total. The van der Waals surface area contributed by atoms with E-state index in [1.807, 2.05) is 6.92 Å². The molecule has 0 radical (unpaired) electrons. The van der Waals surface area contributed by atoms with Crippen molar-refractivity contribution in [3.05, 3.63) is 12.4 Å². The molecule has 0 atom stereocenters. The van der Waals surface area contributed by atoms with Gasteiger partial charge in [-0.1, -0.05) is 0 Å². The molecule has 0 aromatic carbocycles. The van der Waals surface area contributed by atoms with Crippen LogP contribution in [0, 0.1) is 5.41 Å². The van der Waals surface area contributed by atoms with Gasteiger partial charge in [0.1, 0.15) is 0 Å². The van der Waals surface area contributed by atoms with Crippen molar-refractivity contribution < 1.29 is 14.6 Å². The number of aromatic nitrogens is 2. The van der Waals surface area contributed by atoms with E-state index in [-0.39, 0.29) is 0 Å². The lowest BCUT2D eigenvalue weighted by molar-refractivity contribution is -0.147. The van der Waals surface area contributed by atoms with Crippen LogP contribution in [0.2, 0.25) is 0 Å². The van der Waals surface area contributed by atoms with Crippen LogP contribution in [0.4, 0.5) is 0 Å². The van der Waals surface area contributed by atoms with Crippen LogP contribution in [-0.2, 0) is 11.3 Å². The molecule has 0 fully saturated rings. The molecular formula is C11H18N2O3. The zero-order chi connectivity index (χ0) is 12.2. The smallest absolute Gasteiger partial charge is 0.309 e. The summed E-state index contributed by atoms with van der Waals surface area (Å²) in [5, 5.41) is 13.0. The van der Waals surface area contributed by atoms with Gasteiger partial charge in [0.05, 0.1) is 24.4 Å². The summed E-state index contributed by atoms with van der Waals surface area (Å²) in [4.78, 5) is 10.8. The Balaban J connectivity index is 2.38. The van der Waals surface area contributed by atoms with E-state index in [1.54, 1.807) is 30.9 Å². The Labute approximate surface area is 95.0 Å². The van der Waals surface area contributed by atoms with Crippen LogP contribution in [0.15, 0.2) is 12.4 Å². The largest absolute Gasteiger partial charge is 0.490 e. The van der Waals surface area contributed by atoms with Gasteiger partial charge in [0.2, 0.25) is 0 Å². The molecule has 0 saturated heterocycles. The van der Waals surface area contributed by atoms with E-state index < -0.39 is 11.4 Å². The third kappa shape index (κ3) is 3.25. The van der Waals surface area contributed by atoms with Crippen LogP contribution in [0.1, 0.15) is 27.2 Å². The lowest BCUT2D eigenvalue weighted by Gasteiger charge is -2.18. The van der Waals surface area contributed by atoms with Crippen LogP contribution in [0.5, 0.6) is 5.75 Å². The van der Waals surface area contributed by atoms with E-state index >= 15 is 0 Å². The van der Waals surface area contributed by atoms with E-state index in [9.17, 15) is 4.79 Å². The first-order chi connectivity index (χ1) is 7.45. The first-order valence-corrected chi connectivity index (χ1v) is 5.34. The second kappa shape index (κ2) is 5.01. The van der Waals surface area contributed by atoms with Crippen molar-refractivity contribution >= 4 is 5.97 Å². The Morgan fingerprint density at radius 2 is 2.31 bits per heavy atom. The van der Waals surface area contributed by atoms with Gasteiger partial charge in [-0.3, -0.25) is 9.48 Å². The number of hydrogen-bond donors (Lipinski definition) is 1. The predicted octanol–water partition coefficient (Wildman–Crippen LogP) is 1.78. The van der Waals surface area contributed by atoms with Crippen molar-refractivity contribution in [2.45, 2.75) is 33.7 Å². The maximum atomic E-state index is 10.8. The number of aryl methyl sites for hydroxylation is 1. The summed E-state index contributed by atoms with van der Waals surface area (Å²) in [6.07, 6.45) is 3.91. The van der Waals surface area contributed by atoms with Gasteiger partial charge in [0.25, 0.3) is 0 Å². The van der Waals surface area contributed by atoms with Crippen LogP contribution in [0.3, 0.4) is 0 Å². The Morgan fingerprint density at radius 1 is 1.62 bits per heavy atom. The first-order valence-electron chi connectivity index (χ1n) is 5.34. The second-order valence-corrected chi connectivity index (χ2v) is 4.32. The molecule has 1 aromatic rings. The SMILES string of the molecule is CCn1cc(OCCC(C)(C)C(=O)O)cn1. The first kappa shape index (κ1) is 12.5. The summed E-state index contributed by atoms with van der Waals surface area (Å²) in [6.45, 7) is 6.55. The van der Waals surface area contributed by atoms with Crippen LogP contribution < -0.4 is 4.74 Å². The predicted molar refractivity (Wildman–Crippen MR) is 59.4 cm³/mol. The molecule has 0 saturated carbocycles. The zero-order valence-electron chi connectivity index (χ0n) is 9.93. The highest BCUT2D eigenvalue weighted by atomic mass is 16.5. The maximum Gasteiger partial charge on any atom is 0.309 e. The molecule has 0 unspecified atom stereocenters. The van der Waals surface area contributed by atoms with Gasteiger partial charge in [-0.25, -0.2) is 0 Å². The summed E-state index contributed by atoms with van der Waals surface area (Å²) in [5.41, 5.74) is -0.749. The zero-order valence-corrected chi connectivity index (χ0v) is 9.93. The van der Waals surface area contributed by atoms with E-state index in [0.717, 1.165) is 6.54 Å². The van der Waals surface area contributed by atoms with Gasteiger partial charge in [0.15, 0.2) is 5.75 Å². The lowest BCUT2D eigenvalue weighted by atomic mass is 9.90. The van der Waals surface area contributed by atoms with Crippen LogP contribution in [0.25, 0.3) is 0 Å². The average molecular weight is 226 g/mol. The van der Waals surface area contributed by atoms with Crippen molar-refractivity contribution in [1.29, 1.82) is 0 Å². The van der Waals surface area contributed by atoms with Crippen molar-refractivity contribution in [2.75, 3.05) is 6.61 Å². The average Bonchev–Trinajstić information content (AvgIpc) is 2.65. The fourth-order valence-corrected chi connectivity index (χ4v) is 1.12. The number of carboxylic acid groups (broad SMARTS) is 1. The standard InChI is InChI=1S/C11H18N2O3/c1-4-13-8-9(7-12-13)16-6-5-11(2,3)10(14)15/h7-8H,4-6H2,1-3H3,(H,14,15). The molecule has 0 spiro atoms. The molecule has 0 amide bonds. The molecule has 0 aliphatic rings. The van der Waals surface area contributed by atoms with Gasteiger partial charge in [0, 0.05) is 6.54 Å². The van der Waals surface area contributed by atoms with Gasteiger partial charge in [-0.15, -0.1) is 0 Å². The van der Waals surface area contributed by atoms with Crippen molar-refractivity contribution in [3.8, 4) is 5.75 Å². The number of carboxylic acids is 1. The van der Waals surface area contributed by atoms with Gasteiger partial charge in [-0.2, -0.15) is 5.10 Å². The van der Waals surface area contributed by atoms with E-state index in [1.165, 1.54) is 0 Å². The number of ether oxygens (including phenoxy) is 1. The van der Waals surface area contributed by atoms with E-state index in [2.05, 4.69) is 5.10 Å². The minimum absolute atomic E-state index is 0.384. The molecule has 1 rings (SSSR count). The van der Waals surface area contributed by atoms with Crippen molar-refractivity contribution in [1.82, 2.24) is 9.78 Å². The third-order valence-corrected chi connectivity index (χ3v) is 2.51. The second-order valence-electron chi connectivity index (χ2n) is 4.32. The Kier molecular flexibility index (Phi) is 3.93. The highest BCUT2D eigenvalue weighted by Crippen LogP contribution is 2.21. The summed E-state index contributed by atoms with van der Waals surface area (Å²) < 4.78 is 7.19. The number of aliphatic carboxylic acids is 1. The molecule has 90 valence electrons. The number of carbonyl (C=O) groups is 1. The molecular weight excluding hydrogens is 208 g/mol. The Morgan fingerprint density at radius 3 is 2.81 bits per heavy atom. The van der Waals surface area contributed by atoms with Crippen molar-refractivity contribution in [3.63, 3.8) is 0 Å². The lowest BCUT2D eigenvalue weighted by Crippen LogP contribution is -2.25. The quantitative estimate of drug-likeness (QED) is 0.803. The van der Waals surface area contributed by atoms with E-state index in [0.29, 0.717) is 18.8 Å². The fraction of sp³-hybridized carbons (Fsp3) is 0.636. The molecule has 16 heavy (non-hydrogen) atoms. The highest BCUT2D eigenvalue weighted by Gasteiger charge is 2.26. The van der Waals surface area contributed by atoms with Gasteiger partial charge < -0.3 is 9.84 Å². The third-order valence-electron chi connectivity index (χ3n) is 2.51. The number of nitrogens with zero attached hydrogens (tertiary/aromatic N) is 2. The summed E-state index contributed by atoms with van der Waals surface area (Å²) in [6, 6.07) is 0. The number of hydrogen-bond acceptors (Lipinski definition) is 3. The van der Waals surface area contributed by atoms with Gasteiger partial charge >= 0.3 is 5.97 Å². The normalized spacial score (nSPS) is 11.4. The molecule has 1 N–H and O–H groups in total. The molecule has 0 aliphatic heterocycles. The maximum absolute atomic E-state index is 10.8. The molecule has 0 aliphatic carbocycles. The summed E-state index contributed by atoms with van der Waals surface area (Å²) >= 11 is 0. The molecule has 0 bridgehead atoms. The van der Waals surface area contributed by atoms with Crippen LogP contribution in [-0.4, -0.2) is 27.5 Å². The molecule has 1 heterocycles. The fourth-order valence-electron chi connectivity index (χ4n) is 1.12. The molecule has 1 aromatic heterocycles. The minimum Gasteiger partial charge on any atom is -0.490 e. The Bertz CT molecular complexity index is 358. The number of rotatable bonds is 6. The highest BCUT2D eigenvalue weighted by molar-refractivity contribution is 5.73.